The van der Waals surface area contributed by atoms with E-state index < -0.39 is 0 Å². The second kappa shape index (κ2) is 4.53. The molecule has 2 aromatic heterocycles. The number of hydrogen-bond donors (Lipinski definition) is 2. The summed E-state index contributed by atoms with van der Waals surface area (Å²) in [4.78, 5) is 7.77. The van der Waals surface area contributed by atoms with Crippen LogP contribution in [0.5, 0.6) is 5.88 Å². The van der Waals surface area contributed by atoms with Crippen LogP contribution >= 0.6 is 0 Å². The van der Waals surface area contributed by atoms with Crippen molar-refractivity contribution in [3.63, 3.8) is 0 Å². The van der Waals surface area contributed by atoms with Crippen molar-refractivity contribution >= 4 is 11.0 Å². The van der Waals surface area contributed by atoms with Crippen molar-refractivity contribution < 1.29 is 4.74 Å². The molecule has 0 aliphatic carbocycles. The number of fused-ring (bicyclic) bond motifs is 1. The summed E-state index contributed by atoms with van der Waals surface area (Å²) in [7, 11) is 0. The molecule has 4 nitrogen and oxygen atoms in total. The fraction of sp³-hybridized carbons (Fsp3) is 0.533. The average Bonchev–Trinajstić information content (AvgIpc) is 2.71. The average molecular weight is 259 g/mol. The zero-order valence-electron chi connectivity index (χ0n) is 11.8. The molecule has 19 heavy (non-hydrogen) atoms. The number of hydrogen-bond acceptors (Lipinski definition) is 3. The Hall–Kier alpha value is -1.55. The van der Waals surface area contributed by atoms with Gasteiger partial charge in [-0.15, -0.1) is 0 Å². The number of nitrogens with zero attached hydrogens (tertiary/aromatic N) is 1. The smallest absolute Gasteiger partial charge is 0.219 e. The first-order chi connectivity index (χ1) is 9.04. The van der Waals surface area contributed by atoms with E-state index in [1.165, 1.54) is 12.0 Å². The highest BCUT2D eigenvalue weighted by atomic mass is 16.5. The van der Waals surface area contributed by atoms with Crippen molar-refractivity contribution in [3.05, 3.63) is 23.9 Å². The Labute approximate surface area is 113 Å². The topological polar surface area (TPSA) is 49.9 Å². The van der Waals surface area contributed by atoms with E-state index in [1.807, 2.05) is 6.20 Å². The summed E-state index contributed by atoms with van der Waals surface area (Å²) in [6.07, 6.45) is 3.11. The highest BCUT2D eigenvalue weighted by Crippen LogP contribution is 2.32. The summed E-state index contributed by atoms with van der Waals surface area (Å²) in [6.45, 7) is 8.37. The Morgan fingerprint density at radius 1 is 1.42 bits per heavy atom. The Morgan fingerprint density at radius 3 is 2.84 bits per heavy atom. The van der Waals surface area contributed by atoms with Gasteiger partial charge in [-0.05, 0) is 30.5 Å². The molecule has 0 bridgehead atoms. The zero-order chi connectivity index (χ0) is 13.5. The quantitative estimate of drug-likeness (QED) is 0.890. The van der Waals surface area contributed by atoms with Gasteiger partial charge in [-0.1, -0.05) is 20.8 Å². The van der Waals surface area contributed by atoms with Crippen LogP contribution < -0.4 is 10.1 Å². The maximum atomic E-state index is 5.95. The van der Waals surface area contributed by atoms with Gasteiger partial charge in [0.15, 0.2) is 0 Å². The van der Waals surface area contributed by atoms with E-state index in [0.717, 1.165) is 23.5 Å². The van der Waals surface area contributed by atoms with E-state index in [-0.39, 0.29) is 5.41 Å². The van der Waals surface area contributed by atoms with Gasteiger partial charge in [0.1, 0.15) is 12.3 Å². The third-order valence-corrected chi connectivity index (χ3v) is 3.66. The van der Waals surface area contributed by atoms with E-state index in [0.29, 0.717) is 12.6 Å². The molecule has 0 aromatic carbocycles. The molecule has 2 N–H and O–H groups in total. The van der Waals surface area contributed by atoms with Crippen LogP contribution in [0, 0.1) is 0 Å². The molecule has 1 unspecified atom stereocenters. The molecule has 2 aromatic rings. The number of ether oxygens (including phenoxy) is 1. The van der Waals surface area contributed by atoms with Crippen LogP contribution in [0.3, 0.4) is 0 Å². The number of aromatic nitrogens is 2. The molecule has 3 rings (SSSR count). The lowest BCUT2D eigenvalue weighted by atomic mass is 9.87. The molecule has 0 amide bonds. The fourth-order valence-electron chi connectivity index (χ4n) is 2.28. The molecular formula is C15H21N3O. The van der Waals surface area contributed by atoms with E-state index >= 15 is 0 Å². The van der Waals surface area contributed by atoms with E-state index in [1.54, 1.807) is 0 Å². The predicted octanol–water partition coefficient (Wildman–Crippen LogP) is 2.60. The van der Waals surface area contributed by atoms with Gasteiger partial charge >= 0.3 is 0 Å². The van der Waals surface area contributed by atoms with Crippen LogP contribution in [0.4, 0.5) is 0 Å². The lowest BCUT2D eigenvalue weighted by Gasteiger charge is -2.28. The molecular weight excluding hydrogens is 238 g/mol. The maximum Gasteiger partial charge on any atom is 0.219 e. The van der Waals surface area contributed by atoms with Crippen molar-refractivity contribution in [2.75, 3.05) is 13.2 Å². The lowest BCUT2D eigenvalue weighted by molar-refractivity contribution is 0.208. The third kappa shape index (κ3) is 2.45. The molecule has 3 heterocycles. The first-order valence-corrected chi connectivity index (χ1v) is 6.89. The standard InChI is InChI=1S/C15H21N3O/c1-15(2,3)12-8-10-4-6-17-13(10)18-14(12)19-9-11-5-7-16-11/h4,6,8,11,16H,5,7,9H2,1-3H3,(H,17,18). The van der Waals surface area contributed by atoms with Crippen molar-refractivity contribution in [2.24, 2.45) is 0 Å². The monoisotopic (exact) mass is 259 g/mol. The minimum atomic E-state index is 0.0286. The van der Waals surface area contributed by atoms with E-state index in [9.17, 15) is 0 Å². The molecule has 0 radical (unpaired) electrons. The molecule has 1 saturated heterocycles. The molecule has 0 spiro atoms. The Morgan fingerprint density at radius 2 is 2.21 bits per heavy atom. The van der Waals surface area contributed by atoms with E-state index in [2.05, 4.69) is 48.2 Å². The largest absolute Gasteiger partial charge is 0.476 e. The van der Waals surface area contributed by atoms with Crippen LogP contribution in [0.1, 0.15) is 32.8 Å². The van der Waals surface area contributed by atoms with Gasteiger partial charge in [0.05, 0.1) is 0 Å². The number of rotatable bonds is 3. The maximum absolute atomic E-state index is 5.95. The van der Waals surface area contributed by atoms with Crippen LogP contribution in [0.15, 0.2) is 18.3 Å². The molecule has 1 aliphatic heterocycles. The van der Waals surface area contributed by atoms with Crippen LogP contribution in [0.2, 0.25) is 0 Å². The van der Waals surface area contributed by atoms with Gasteiger partial charge in [0.25, 0.3) is 0 Å². The Kier molecular flexibility index (Phi) is 2.97. The molecule has 1 fully saturated rings. The van der Waals surface area contributed by atoms with Crippen LogP contribution in [0.25, 0.3) is 11.0 Å². The predicted molar refractivity (Wildman–Crippen MR) is 76.7 cm³/mol. The number of nitrogens with one attached hydrogen (secondary N) is 2. The van der Waals surface area contributed by atoms with Gasteiger partial charge in [0.2, 0.25) is 5.88 Å². The normalized spacial score (nSPS) is 19.4. The molecule has 0 saturated carbocycles. The first kappa shape index (κ1) is 12.5. The van der Waals surface area contributed by atoms with Crippen LogP contribution in [-0.2, 0) is 5.41 Å². The first-order valence-electron chi connectivity index (χ1n) is 6.89. The van der Waals surface area contributed by atoms with Gasteiger partial charge in [-0.2, -0.15) is 4.98 Å². The summed E-state index contributed by atoms with van der Waals surface area (Å²) in [5.74, 6) is 0.760. The Balaban J connectivity index is 1.93. The number of H-pyrrole nitrogens is 1. The van der Waals surface area contributed by atoms with Crippen molar-refractivity contribution in [3.8, 4) is 5.88 Å². The summed E-state index contributed by atoms with van der Waals surface area (Å²) in [5, 5.41) is 4.48. The highest BCUT2D eigenvalue weighted by molar-refractivity contribution is 5.77. The SMILES string of the molecule is CC(C)(C)c1cc2cc[nH]c2nc1OCC1CCN1. The van der Waals surface area contributed by atoms with Gasteiger partial charge in [-0.3, -0.25) is 0 Å². The van der Waals surface area contributed by atoms with Crippen molar-refractivity contribution in [1.82, 2.24) is 15.3 Å². The van der Waals surface area contributed by atoms with Gasteiger partial charge < -0.3 is 15.0 Å². The van der Waals surface area contributed by atoms with Gasteiger partial charge in [-0.25, -0.2) is 0 Å². The molecule has 4 heteroatoms. The second-order valence-corrected chi connectivity index (χ2v) is 6.26. The third-order valence-electron chi connectivity index (χ3n) is 3.66. The summed E-state index contributed by atoms with van der Waals surface area (Å²) in [6, 6.07) is 4.71. The van der Waals surface area contributed by atoms with Crippen LogP contribution in [-0.4, -0.2) is 29.2 Å². The number of pyridine rings is 1. The van der Waals surface area contributed by atoms with E-state index in [4.69, 9.17) is 4.74 Å². The highest BCUT2D eigenvalue weighted by Gasteiger charge is 2.23. The minimum Gasteiger partial charge on any atom is -0.476 e. The summed E-state index contributed by atoms with van der Waals surface area (Å²) in [5.41, 5.74) is 2.09. The summed E-state index contributed by atoms with van der Waals surface area (Å²) < 4.78 is 5.95. The Bertz CT molecular complexity index is 579. The van der Waals surface area contributed by atoms with Gasteiger partial charge in [0, 0.05) is 23.2 Å². The lowest BCUT2D eigenvalue weighted by Crippen LogP contribution is -2.46. The molecule has 1 atom stereocenters. The zero-order valence-corrected chi connectivity index (χ0v) is 11.8. The second-order valence-electron chi connectivity index (χ2n) is 6.26. The van der Waals surface area contributed by atoms with Crippen molar-refractivity contribution in [2.45, 2.75) is 38.6 Å². The molecule has 102 valence electrons. The number of aromatic amines is 1. The molecule has 1 aliphatic rings. The minimum absolute atomic E-state index is 0.0286. The van der Waals surface area contributed by atoms with Crippen molar-refractivity contribution in [1.29, 1.82) is 0 Å². The summed E-state index contributed by atoms with van der Waals surface area (Å²) >= 11 is 0. The fourth-order valence-corrected chi connectivity index (χ4v) is 2.28.